The highest BCUT2D eigenvalue weighted by molar-refractivity contribution is 9.10. The Morgan fingerprint density at radius 3 is 2.64 bits per heavy atom. The lowest BCUT2D eigenvalue weighted by Gasteiger charge is -2.16. The van der Waals surface area contributed by atoms with E-state index in [1.54, 1.807) is 0 Å². The van der Waals surface area contributed by atoms with Crippen LogP contribution in [0.5, 0.6) is 0 Å². The molecule has 1 saturated carbocycles. The van der Waals surface area contributed by atoms with Gasteiger partial charge < -0.3 is 11.1 Å². The minimum absolute atomic E-state index is 0.182. The summed E-state index contributed by atoms with van der Waals surface area (Å²) in [4.78, 5) is 8.32. The molecule has 1 fully saturated rings. The van der Waals surface area contributed by atoms with Gasteiger partial charge in [0.05, 0.1) is 12.5 Å². The molecule has 0 heterocycles. The average molecular weight is 271 g/mol. The van der Waals surface area contributed by atoms with Gasteiger partial charge in [-0.1, -0.05) is 6.42 Å². The topological polar surface area (TPSA) is 55.1 Å². The monoisotopic (exact) mass is 270 g/mol. The van der Waals surface area contributed by atoms with E-state index in [2.05, 4.69) is 21.2 Å². The van der Waals surface area contributed by atoms with Crippen molar-refractivity contribution in [2.45, 2.75) is 30.1 Å². The Balaban J connectivity index is 2.35. The Hall–Kier alpha value is -0.230. The Morgan fingerprint density at radius 2 is 2.21 bits per heavy atom. The maximum Gasteiger partial charge on any atom is 0.318 e. The third-order valence-electron chi connectivity index (χ3n) is 2.37. The zero-order valence-corrected chi connectivity index (χ0v) is 9.19. The maximum atomic E-state index is 12.3. The van der Waals surface area contributed by atoms with Crippen LogP contribution in [0.1, 0.15) is 19.3 Å². The van der Waals surface area contributed by atoms with Crippen LogP contribution in [0, 0.1) is 5.92 Å². The molecule has 1 amide bonds. The summed E-state index contributed by atoms with van der Waals surface area (Å²) in [6.07, 6.45) is 2.38. The van der Waals surface area contributed by atoms with Gasteiger partial charge in [-0.25, -0.2) is 0 Å². The highest BCUT2D eigenvalue weighted by Gasteiger charge is 2.32. The third kappa shape index (κ3) is 3.49. The van der Waals surface area contributed by atoms with Crippen LogP contribution in [0.2, 0.25) is 0 Å². The predicted octanol–water partition coefficient (Wildman–Crippen LogP) is 1.22. The molecule has 0 saturated heterocycles. The fourth-order valence-electron chi connectivity index (χ4n) is 1.63. The summed E-state index contributed by atoms with van der Waals surface area (Å²) < 4.78 is 24.7. The highest BCUT2D eigenvalue weighted by Crippen LogP contribution is 2.25. The van der Waals surface area contributed by atoms with E-state index in [4.69, 9.17) is 5.73 Å². The molecule has 0 radical (unpaired) electrons. The second kappa shape index (κ2) is 4.53. The van der Waals surface area contributed by atoms with Gasteiger partial charge in [0.2, 0.25) is 5.91 Å². The lowest BCUT2D eigenvalue weighted by Crippen LogP contribution is -2.41. The molecule has 1 rings (SSSR count). The zero-order valence-electron chi connectivity index (χ0n) is 7.60. The lowest BCUT2D eigenvalue weighted by atomic mass is 10.0. The molecule has 0 aromatic rings. The predicted molar refractivity (Wildman–Crippen MR) is 52.2 cm³/mol. The first-order valence-corrected chi connectivity index (χ1v) is 5.29. The molecule has 0 spiro atoms. The van der Waals surface area contributed by atoms with Crippen molar-refractivity contribution in [1.82, 2.24) is 5.32 Å². The normalized spacial score (nSPS) is 27.7. The molecule has 1 aliphatic rings. The number of amides is 1. The fourth-order valence-corrected chi connectivity index (χ4v) is 1.77. The van der Waals surface area contributed by atoms with Gasteiger partial charge in [-0.05, 0) is 28.8 Å². The van der Waals surface area contributed by atoms with Crippen LogP contribution in [0.3, 0.4) is 0 Å². The van der Waals surface area contributed by atoms with Crippen LogP contribution >= 0.6 is 15.9 Å². The standard InChI is InChI=1S/C8H13BrF2N2O/c9-8(10,11)4-13-7(14)5-2-1-3-6(5)12/h5-6H,1-4,12H2,(H,13,14). The summed E-state index contributed by atoms with van der Waals surface area (Å²) in [5.41, 5.74) is 5.66. The van der Waals surface area contributed by atoms with Gasteiger partial charge >= 0.3 is 4.83 Å². The molecular formula is C8H13BrF2N2O. The molecule has 6 heteroatoms. The highest BCUT2D eigenvalue weighted by atomic mass is 79.9. The molecule has 0 aliphatic heterocycles. The Kier molecular flexibility index (Phi) is 3.83. The summed E-state index contributed by atoms with van der Waals surface area (Å²) in [6.45, 7) is -0.685. The van der Waals surface area contributed by atoms with E-state index in [0.29, 0.717) is 6.42 Å². The first-order chi connectivity index (χ1) is 6.40. The van der Waals surface area contributed by atoms with E-state index in [1.165, 1.54) is 0 Å². The van der Waals surface area contributed by atoms with Crippen LogP contribution in [0.15, 0.2) is 0 Å². The fraction of sp³-hybridized carbons (Fsp3) is 0.875. The van der Waals surface area contributed by atoms with Crippen molar-refractivity contribution >= 4 is 21.8 Å². The van der Waals surface area contributed by atoms with Crippen LogP contribution in [-0.4, -0.2) is 23.3 Å². The number of rotatable bonds is 3. The zero-order chi connectivity index (χ0) is 10.8. The molecular weight excluding hydrogens is 258 g/mol. The molecule has 3 nitrogen and oxygen atoms in total. The SMILES string of the molecule is NC1CCCC1C(=O)NCC(F)(F)Br. The van der Waals surface area contributed by atoms with Crippen molar-refractivity contribution in [2.75, 3.05) is 6.54 Å². The first-order valence-electron chi connectivity index (χ1n) is 4.50. The Bertz CT molecular complexity index is 220. The molecule has 0 bridgehead atoms. The second-order valence-electron chi connectivity index (χ2n) is 3.53. The van der Waals surface area contributed by atoms with Gasteiger partial charge in [-0.3, -0.25) is 4.79 Å². The smallest absolute Gasteiger partial charge is 0.318 e. The van der Waals surface area contributed by atoms with Gasteiger partial charge in [0.1, 0.15) is 0 Å². The van der Waals surface area contributed by atoms with Crippen molar-refractivity contribution in [3.63, 3.8) is 0 Å². The van der Waals surface area contributed by atoms with Crippen molar-refractivity contribution in [1.29, 1.82) is 0 Å². The molecule has 2 atom stereocenters. The molecule has 1 aliphatic carbocycles. The van der Waals surface area contributed by atoms with E-state index < -0.39 is 11.4 Å². The van der Waals surface area contributed by atoms with Gasteiger partial charge in [0.25, 0.3) is 0 Å². The molecule has 2 unspecified atom stereocenters. The number of nitrogens with two attached hydrogens (primary N) is 1. The molecule has 82 valence electrons. The number of nitrogens with one attached hydrogen (secondary N) is 1. The van der Waals surface area contributed by atoms with Gasteiger partial charge in [-0.2, -0.15) is 8.78 Å². The van der Waals surface area contributed by atoms with Crippen molar-refractivity contribution < 1.29 is 13.6 Å². The van der Waals surface area contributed by atoms with Crippen LogP contribution < -0.4 is 11.1 Å². The number of hydrogen-bond donors (Lipinski definition) is 2. The largest absolute Gasteiger partial charge is 0.349 e. The van der Waals surface area contributed by atoms with Crippen molar-refractivity contribution in [3.8, 4) is 0 Å². The van der Waals surface area contributed by atoms with E-state index >= 15 is 0 Å². The maximum absolute atomic E-state index is 12.3. The van der Waals surface area contributed by atoms with Crippen molar-refractivity contribution in [3.05, 3.63) is 0 Å². The summed E-state index contributed by atoms with van der Waals surface area (Å²) in [6, 6.07) is -0.182. The Labute approximate surface area is 89.5 Å². The van der Waals surface area contributed by atoms with Crippen LogP contribution in [-0.2, 0) is 4.79 Å². The molecule has 14 heavy (non-hydrogen) atoms. The third-order valence-corrected chi connectivity index (χ3v) is 2.65. The van der Waals surface area contributed by atoms with Crippen molar-refractivity contribution in [2.24, 2.45) is 11.7 Å². The number of halogens is 3. The van der Waals surface area contributed by atoms with Gasteiger partial charge in [-0.15, -0.1) is 0 Å². The summed E-state index contributed by atoms with van der Waals surface area (Å²) in [5.74, 6) is -0.668. The van der Waals surface area contributed by atoms with Crippen LogP contribution in [0.25, 0.3) is 0 Å². The molecule has 0 aromatic heterocycles. The minimum atomic E-state index is -3.04. The second-order valence-corrected chi connectivity index (χ2v) is 4.69. The van der Waals surface area contributed by atoms with Crippen LogP contribution in [0.4, 0.5) is 8.78 Å². The molecule has 3 N–H and O–H groups in total. The van der Waals surface area contributed by atoms with E-state index in [0.717, 1.165) is 12.8 Å². The molecule has 0 aromatic carbocycles. The van der Waals surface area contributed by atoms with Gasteiger partial charge in [0, 0.05) is 6.04 Å². The summed E-state index contributed by atoms with van der Waals surface area (Å²) >= 11 is 2.15. The Morgan fingerprint density at radius 1 is 1.57 bits per heavy atom. The van der Waals surface area contributed by atoms with E-state index in [9.17, 15) is 13.6 Å². The number of carbonyl (C=O) groups is 1. The van der Waals surface area contributed by atoms with E-state index in [-0.39, 0.29) is 17.9 Å². The summed E-state index contributed by atoms with van der Waals surface area (Å²) in [7, 11) is 0. The van der Waals surface area contributed by atoms with E-state index in [1.807, 2.05) is 0 Å². The number of hydrogen-bond acceptors (Lipinski definition) is 2. The summed E-state index contributed by atoms with van der Waals surface area (Å²) in [5, 5.41) is 2.18. The number of alkyl halides is 3. The minimum Gasteiger partial charge on any atom is -0.349 e. The van der Waals surface area contributed by atoms with Gasteiger partial charge in [0.15, 0.2) is 0 Å². The number of carbonyl (C=O) groups excluding carboxylic acids is 1. The quantitative estimate of drug-likeness (QED) is 0.758. The lowest BCUT2D eigenvalue weighted by molar-refractivity contribution is -0.126. The average Bonchev–Trinajstić information content (AvgIpc) is 2.46. The first kappa shape index (κ1) is 11.8.